The van der Waals surface area contributed by atoms with Crippen molar-refractivity contribution in [3.63, 3.8) is 0 Å². The summed E-state index contributed by atoms with van der Waals surface area (Å²) in [6.07, 6.45) is -1.10. The zero-order chi connectivity index (χ0) is 7.61. The molecule has 1 aliphatic rings. The van der Waals surface area contributed by atoms with Gasteiger partial charge in [0.05, 0.1) is 0 Å². The van der Waals surface area contributed by atoms with Gasteiger partial charge in [-0.05, 0) is 6.54 Å². The molecule has 0 aliphatic carbocycles. The Morgan fingerprint density at radius 2 is 2.50 bits per heavy atom. The number of hydrogen-bond donors (Lipinski definition) is 2. The minimum Gasteiger partial charge on any atom is -0.387 e. The largest absolute Gasteiger partial charge is 0.387 e. The van der Waals surface area contributed by atoms with E-state index >= 15 is 0 Å². The van der Waals surface area contributed by atoms with Crippen molar-refractivity contribution in [2.45, 2.75) is 18.2 Å². The summed E-state index contributed by atoms with van der Waals surface area (Å²) in [6, 6.07) is 1.47. The van der Waals surface area contributed by atoms with Gasteiger partial charge in [0.1, 0.15) is 12.2 Å². The lowest BCUT2D eigenvalue weighted by Crippen LogP contribution is -2.50. The normalized spacial score (nSPS) is 40.7. The van der Waals surface area contributed by atoms with Crippen LogP contribution in [0.25, 0.3) is 0 Å². The summed E-state index contributed by atoms with van der Waals surface area (Å²) in [6.45, 7) is 0.630. The van der Waals surface area contributed by atoms with E-state index in [1.807, 2.05) is 0 Å². The molecular weight excluding hydrogens is 135 g/mol. The minimum atomic E-state index is -2.02. The van der Waals surface area contributed by atoms with Gasteiger partial charge in [-0.1, -0.05) is 0 Å². The number of aliphatic hydroxyl groups excluding tert-OH is 1. The lowest BCUT2D eigenvalue weighted by atomic mass is 9.93. The van der Waals surface area contributed by atoms with Crippen LogP contribution in [0.3, 0.4) is 0 Å². The van der Waals surface area contributed by atoms with E-state index in [-0.39, 0.29) is 13.0 Å². The van der Waals surface area contributed by atoms with E-state index in [4.69, 9.17) is 10.4 Å². The Morgan fingerprint density at radius 3 is 2.90 bits per heavy atom. The Bertz CT molecular complexity index is 168. The summed E-state index contributed by atoms with van der Waals surface area (Å²) in [4.78, 5) is 0. The molecule has 1 fully saturated rings. The van der Waals surface area contributed by atoms with Crippen molar-refractivity contribution < 1.29 is 9.50 Å². The Balaban J connectivity index is 2.65. The van der Waals surface area contributed by atoms with Gasteiger partial charge in [0.2, 0.25) is 5.67 Å². The predicted molar refractivity (Wildman–Crippen MR) is 32.9 cm³/mol. The maximum absolute atomic E-state index is 13.0. The summed E-state index contributed by atoms with van der Waals surface area (Å²) in [5, 5.41) is 20.1. The summed E-state index contributed by atoms with van der Waals surface area (Å²) in [5.41, 5.74) is -2.02. The molecule has 1 saturated heterocycles. The Hall–Kier alpha value is -0.660. The molecule has 0 radical (unpaired) electrons. The van der Waals surface area contributed by atoms with Crippen molar-refractivity contribution in [2.75, 3.05) is 13.1 Å². The third-order valence-electron chi connectivity index (χ3n) is 1.72. The smallest absolute Gasteiger partial charge is 0.224 e. The van der Waals surface area contributed by atoms with Crippen LogP contribution in [0, 0.1) is 11.3 Å². The average molecular weight is 144 g/mol. The van der Waals surface area contributed by atoms with Crippen molar-refractivity contribution in [1.29, 1.82) is 5.26 Å². The van der Waals surface area contributed by atoms with Gasteiger partial charge in [-0.2, -0.15) is 5.26 Å². The van der Waals surface area contributed by atoms with Crippen LogP contribution in [-0.2, 0) is 0 Å². The van der Waals surface area contributed by atoms with Gasteiger partial charge in [0.15, 0.2) is 0 Å². The summed E-state index contributed by atoms with van der Waals surface area (Å²) >= 11 is 0. The van der Waals surface area contributed by atoms with Crippen molar-refractivity contribution in [2.24, 2.45) is 0 Å². The van der Waals surface area contributed by atoms with E-state index in [1.54, 1.807) is 0 Å². The predicted octanol–water partition coefficient (Wildman–Crippen LogP) is -0.428. The van der Waals surface area contributed by atoms with E-state index < -0.39 is 11.8 Å². The summed E-state index contributed by atoms with van der Waals surface area (Å²) in [7, 11) is 0. The molecule has 1 aliphatic heterocycles. The second-order valence-corrected chi connectivity index (χ2v) is 2.44. The molecule has 0 aromatic carbocycles. The van der Waals surface area contributed by atoms with Crippen LogP contribution in [0.1, 0.15) is 6.42 Å². The zero-order valence-corrected chi connectivity index (χ0v) is 5.47. The number of aliphatic hydroxyl groups is 1. The topological polar surface area (TPSA) is 56.0 Å². The molecule has 2 unspecified atom stereocenters. The minimum absolute atomic E-state index is 0.0741. The number of alkyl halides is 1. The van der Waals surface area contributed by atoms with Gasteiger partial charge in [0, 0.05) is 13.0 Å². The second-order valence-electron chi connectivity index (χ2n) is 2.44. The fourth-order valence-corrected chi connectivity index (χ4v) is 0.968. The van der Waals surface area contributed by atoms with Gasteiger partial charge >= 0.3 is 0 Å². The van der Waals surface area contributed by atoms with Crippen LogP contribution in [0.4, 0.5) is 4.39 Å². The molecule has 0 aromatic heterocycles. The standard InChI is InChI=1S/C6H9FN2O/c7-6(4-8)1-2-9-3-5(6)10/h5,9-10H,1-3H2. The molecule has 56 valence electrons. The number of β-amino-alcohol motifs (C(OH)–C–C–N with tert-alkyl or cyclic N) is 1. The van der Waals surface area contributed by atoms with Crippen LogP contribution in [0.2, 0.25) is 0 Å². The second kappa shape index (κ2) is 2.52. The molecule has 4 heteroatoms. The Labute approximate surface area is 58.5 Å². The molecule has 1 heterocycles. The maximum atomic E-state index is 13.0. The number of nitrogens with zero attached hydrogens (tertiary/aromatic N) is 1. The van der Waals surface area contributed by atoms with E-state index in [2.05, 4.69) is 5.32 Å². The molecule has 0 spiro atoms. The van der Waals surface area contributed by atoms with Crippen LogP contribution in [0.15, 0.2) is 0 Å². The third-order valence-corrected chi connectivity index (χ3v) is 1.72. The van der Waals surface area contributed by atoms with Crippen LogP contribution in [-0.4, -0.2) is 30.0 Å². The molecule has 0 saturated carbocycles. The van der Waals surface area contributed by atoms with Gasteiger partial charge < -0.3 is 10.4 Å². The first-order valence-corrected chi connectivity index (χ1v) is 3.18. The monoisotopic (exact) mass is 144 g/mol. The number of nitriles is 1. The number of piperidine rings is 1. The first-order valence-electron chi connectivity index (χ1n) is 3.18. The van der Waals surface area contributed by atoms with E-state index in [9.17, 15) is 4.39 Å². The highest BCUT2D eigenvalue weighted by Crippen LogP contribution is 2.21. The molecule has 0 aromatic rings. The summed E-state index contributed by atoms with van der Waals surface area (Å²) < 4.78 is 13.0. The van der Waals surface area contributed by atoms with Crippen molar-refractivity contribution in [1.82, 2.24) is 5.32 Å². The average Bonchev–Trinajstić information content (AvgIpc) is 1.96. The Morgan fingerprint density at radius 1 is 1.80 bits per heavy atom. The zero-order valence-electron chi connectivity index (χ0n) is 5.47. The molecule has 3 nitrogen and oxygen atoms in total. The maximum Gasteiger partial charge on any atom is 0.224 e. The number of halogens is 1. The molecule has 10 heavy (non-hydrogen) atoms. The van der Waals surface area contributed by atoms with Gasteiger partial charge in [-0.25, -0.2) is 4.39 Å². The molecule has 0 bridgehead atoms. The van der Waals surface area contributed by atoms with E-state index in [0.717, 1.165) is 0 Å². The molecule has 0 amide bonds. The quantitative estimate of drug-likeness (QED) is 0.485. The van der Waals surface area contributed by atoms with Gasteiger partial charge in [0.25, 0.3) is 0 Å². The third kappa shape index (κ3) is 1.11. The first kappa shape index (κ1) is 7.45. The number of rotatable bonds is 0. The lowest BCUT2D eigenvalue weighted by Gasteiger charge is -2.28. The Kier molecular flexibility index (Phi) is 1.88. The molecule has 1 rings (SSSR count). The van der Waals surface area contributed by atoms with Crippen LogP contribution in [0.5, 0.6) is 0 Å². The summed E-state index contributed by atoms with van der Waals surface area (Å²) in [5.74, 6) is 0. The molecule has 2 N–H and O–H groups in total. The highest BCUT2D eigenvalue weighted by molar-refractivity contribution is 5.08. The molecular formula is C6H9FN2O. The van der Waals surface area contributed by atoms with Crippen LogP contribution < -0.4 is 5.32 Å². The van der Waals surface area contributed by atoms with Crippen molar-refractivity contribution in [3.05, 3.63) is 0 Å². The van der Waals surface area contributed by atoms with E-state index in [0.29, 0.717) is 6.54 Å². The highest BCUT2D eigenvalue weighted by atomic mass is 19.1. The molecule has 2 atom stereocenters. The SMILES string of the molecule is N#CC1(F)CCNCC1O. The van der Waals surface area contributed by atoms with E-state index in [1.165, 1.54) is 6.07 Å². The fraction of sp³-hybridized carbons (Fsp3) is 0.833. The fourth-order valence-electron chi connectivity index (χ4n) is 0.968. The van der Waals surface area contributed by atoms with Crippen molar-refractivity contribution >= 4 is 0 Å². The first-order chi connectivity index (χ1) is 4.69. The van der Waals surface area contributed by atoms with Gasteiger partial charge in [-0.15, -0.1) is 0 Å². The highest BCUT2D eigenvalue weighted by Gasteiger charge is 2.40. The number of hydrogen-bond acceptors (Lipinski definition) is 3. The van der Waals surface area contributed by atoms with Crippen LogP contribution >= 0.6 is 0 Å². The van der Waals surface area contributed by atoms with Gasteiger partial charge in [-0.3, -0.25) is 0 Å². The van der Waals surface area contributed by atoms with Crippen molar-refractivity contribution in [3.8, 4) is 6.07 Å². The number of nitrogens with one attached hydrogen (secondary N) is 1. The lowest BCUT2D eigenvalue weighted by molar-refractivity contribution is 0.00845.